The predicted octanol–water partition coefficient (Wildman–Crippen LogP) is 1.000. The number of carbonyl (C=O) groups excluding carboxylic acids is 1. The summed E-state index contributed by atoms with van der Waals surface area (Å²) in [4.78, 5) is 19.1. The van der Waals surface area contributed by atoms with Gasteiger partial charge in [0.1, 0.15) is 0 Å². The summed E-state index contributed by atoms with van der Waals surface area (Å²) >= 11 is 1.31. The van der Waals surface area contributed by atoms with Gasteiger partial charge < -0.3 is 4.90 Å². The number of hydrogen-bond donors (Lipinski definition) is 2. The number of nitriles is 1. The summed E-state index contributed by atoms with van der Waals surface area (Å²) in [6.07, 6.45) is 3.66. The third kappa shape index (κ3) is 4.96. The largest absolute Gasteiger partial charge is 0.304 e. The Morgan fingerprint density at radius 3 is 2.65 bits per heavy atom. The lowest BCUT2D eigenvalue weighted by Gasteiger charge is -2.32. The first-order chi connectivity index (χ1) is 11.1. The van der Waals surface area contributed by atoms with Crippen LogP contribution in [0.1, 0.15) is 10.4 Å². The van der Waals surface area contributed by atoms with Crippen LogP contribution in [-0.2, 0) is 0 Å². The van der Waals surface area contributed by atoms with Crippen molar-refractivity contribution >= 4 is 28.5 Å². The topological polar surface area (TPSA) is 83.8 Å². The summed E-state index contributed by atoms with van der Waals surface area (Å²) in [5.41, 5.74) is 3.94. The number of thioether (sulfide) groups is 1. The smallest absolute Gasteiger partial charge is 0.267 e. The average molecular weight is 332 g/mol. The molecule has 1 aliphatic heterocycles. The number of nitrogens with one attached hydrogen (secondary N) is 2. The highest BCUT2D eigenvalue weighted by atomic mass is 32.2. The van der Waals surface area contributed by atoms with E-state index in [0.717, 1.165) is 26.2 Å². The summed E-state index contributed by atoms with van der Waals surface area (Å²) < 4.78 is 0. The van der Waals surface area contributed by atoms with Gasteiger partial charge in [0.15, 0.2) is 11.4 Å². The van der Waals surface area contributed by atoms with Crippen LogP contribution in [0.4, 0.5) is 5.69 Å². The lowest BCUT2D eigenvalue weighted by molar-refractivity contribution is 0.0663. The van der Waals surface area contributed by atoms with Crippen molar-refractivity contribution in [2.24, 2.45) is 4.99 Å². The van der Waals surface area contributed by atoms with E-state index < -0.39 is 0 Å². The quantitative estimate of drug-likeness (QED) is 0.372. The van der Waals surface area contributed by atoms with Gasteiger partial charge in [-0.2, -0.15) is 5.26 Å². The summed E-state index contributed by atoms with van der Waals surface area (Å²) in [6, 6.07) is 7.10. The lowest BCUT2D eigenvalue weighted by atomic mass is 10.1. The molecule has 0 atom stereocenters. The van der Waals surface area contributed by atoms with Crippen molar-refractivity contribution in [3.8, 4) is 6.19 Å². The minimum atomic E-state index is -0.189. The number of para-hydroxylation sites is 1. The van der Waals surface area contributed by atoms with E-state index in [2.05, 4.69) is 27.7 Å². The Bertz CT molecular complexity index is 619. The molecule has 1 aromatic carbocycles. The first kappa shape index (κ1) is 17.3. The monoisotopic (exact) mass is 332 g/mol. The second-order valence-electron chi connectivity index (χ2n) is 5.11. The molecule has 0 aromatic heterocycles. The maximum Gasteiger partial charge on any atom is 0.267 e. The maximum absolute atomic E-state index is 12.5. The van der Waals surface area contributed by atoms with E-state index in [1.807, 2.05) is 23.5 Å². The summed E-state index contributed by atoms with van der Waals surface area (Å²) in [6.45, 7) is 3.42. The number of amides is 1. The van der Waals surface area contributed by atoms with Gasteiger partial charge in [0, 0.05) is 26.2 Å². The highest BCUT2D eigenvalue weighted by Crippen LogP contribution is 2.20. The molecule has 0 unspecified atom stereocenters. The van der Waals surface area contributed by atoms with Crippen molar-refractivity contribution in [2.75, 3.05) is 39.5 Å². The number of amidine groups is 1. The Hall–Kier alpha value is -2.08. The van der Waals surface area contributed by atoms with Gasteiger partial charge in [-0.05, 0) is 25.4 Å². The summed E-state index contributed by atoms with van der Waals surface area (Å²) in [5.74, 6) is -0.189. The Kier molecular flexibility index (Phi) is 6.40. The van der Waals surface area contributed by atoms with Gasteiger partial charge >= 0.3 is 0 Å². The highest BCUT2D eigenvalue weighted by Gasteiger charge is 2.18. The molecule has 1 amide bonds. The van der Waals surface area contributed by atoms with Crippen LogP contribution in [0.2, 0.25) is 0 Å². The number of likely N-dealkylation sites (N-methyl/N-ethyl adjacent to an activating group) is 1. The fraction of sp³-hybridized carbons (Fsp3) is 0.400. The number of hydrazine groups is 1. The van der Waals surface area contributed by atoms with Crippen LogP contribution in [0.3, 0.4) is 0 Å². The second kappa shape index (κ2) is 8.53. The molecule has 0 radical (unpaired) electrons. The lowest BCUT2D eigenvalue weighted by Crippen LogP contribution is -2.52. The van der Waals surface area contributed by atoms with Crippen LogP contribution in [-0.4, -0.2) is 60.5 Å². The van der Waals surface area contributed by atoms with Crippen LogP contribution >= 0.6 is 11.8 Å². The molecular weight excluding hydrogens is 312 g/mol. The molecule has 2 rings (SSSR count). The summed E-state index contributed by atoms with van der Waals surface area (Å²) in [5, 5.41) is 13.6. The molecule has 122 valence electrons. The normalized spacial score (nSPS) is 16.7. The van der Waals surface area contributed by atoms with Gasteiger partial charge in [-0.15, -0.1) is 0 Å². The first-order valence-corrected chi connectivity index (χ1v) is 8.48. The van der Waals surface area contributed by atoms with E-state index >= 15 is 0 Å². The number of aliphatic imine (C=N–C) groups is 1. The zero-order valence-corrected chi connectivity index (χ0v) is 14.1. The van der Waals surface area contributed by atoms with Crippen LogP contribution in [0, 0.1) is 11.5 Å². The third-order valence-corrected chi connectivity index (χ3v) is 4.07. The van der Waals surface area contributed by atoms with E-state index in [4.69, 9.17) is 5.26 Å². The van der Waals surface area contributed by atoms with Crippen molar-refractivity contribution < 1.29 is 4.79 Å². The van der Waals surface area contributed by atoms with Gasteiger partial charge in [0.2, 0.25) is 0 Å². The van der Waals surface area contributed by atoms with E-state index in [1.54, 1.807) is 18.2 Å². The molecule has 1 heterocycles. The molecule has 0 aliphatic carbocycles. The van der Waals surface area contributed by atoms with Gasteiger partial charge in [0.05, 0.1) is 11.3 Å². The number of nitrogens with zero attached hydrogens (tertiary/aromatic N) is 4. The number of benzene rings is 1. The van der Waals surface area contributed by atoms with Gasteiger partial charge in [-0.25, -0.2) is 10.0 Å². The minimum absolute atomic E-state index is 0.189. The minimum Gasteiger partial charge on any atom is -0.304 e. The molecule has 8 heteroatoms. The highest BCUT2D eigenvalue weighted by molar-refractivity contribution is 8.13. The molecule has 1 aliphatic rings. The van der Waals surface area contributed by atoms with E-state index in [9.17, 15) is 4.79 Å². The molecule has 0 saturated carbocycles. The zero-order valence-electron chi connectivity index (χ0n) is 13.2. The third-order valence-electron chi connectivity index (χ3n) is 3.49. The summed E-state index contributed by atoms with van der Waals surface area (Å²) in [7, 11) is 2.06. The van der Waals surface area contributed by atoms with E-state index in [1.165, 1.54) is 11.8 Å². The predicted molar refractivity (Wildman–Crippen MR) is 92.3 cm³/mol. The number of carbonyl (C=O) groups is 1. The fourth-order valence-electron chi connectivity index (χ4n) is 2.17. The van der Waals surface area contributed by atoms with Gasteiger partial charge in [-0.1, -0.05) is 23.9 Å². The molecule has 1 saturated heterocycles. The molecule has 7 nitrogen and oxygen atoms in total. The van der Waals surface area contributed by atoms with Crippen LogP contribution in [0.15, 0.2) is 29.3 Å². The van der Waals surface area contributed by atoms with Crippen LogP contribution < -0.4 is 10.7 Å². The van der Waals surface area contributed by atoms with Crippen molar-refractivity contribution in [1.29, 1.82) is 5.26 Å². The van der Waals surface area contributed by atoms with Crippen molar-refractivity contribution in [2.45, 2.75) is 0 Å². The van der Waals surface area contributed by atoms with Gasteiger partial charge in [0.25, 0.3) is 5.91 Å². The second-order valence-corrected chi connectivity index (χ2v) is 5.90. The Labute approximate surface area is 140 Å². The Balaban J connectivity index is 2.13. The molecule has 0 spiro atoms. The van der Waals surface area contributed by atoms with E-state index in [-0.39, 0.29) is 5.91 Å². The SMILES string of the molecule is CSC(=Nc1ccccc1C(=O)NN1CCN(C)CC1)NC#N. The van der Waals surface area contributed by atoms with Crippen LogP contribution in [0.5, 0.6) is 0 Å². The maximum atomic E-state index is 12.5. The zero-order chi connectivity index (χ0) is 16.7. The molecule has 1 aromatic rings. The van der Waals surface area contributed by atoms with Gasteiger partial charge in [-0.3, -0.25) is 15.5 Å². The van der Waals surface area contributed by atoms with Crippen molar-refractivity contribution in [3.05, 3.63) is 29.8 Å². The Morgan fingerprint density at radius 1 is 1.30 bits per heavy atom. The van der Waals surface area contributed by atoms with Crippen LogP contribution in [0.25, 0.3) is 0 Å². The Morgan fingerprint density at radius 2 is 2.00 bits per heavy atom. The standard InChI is InChI=1S/C15H20N6OS/c1-20-7-9-21(10-8-20)19-14(22)12-5-3-4-6-13(12)18-15(23-2)17-11-16/h3-6H,7-10H2,1-2H3,(H,17,18)(H,19,22). The van der Waals surface area contributed by atoms with Crippen molar-refractivity contribution in [1.82, 2.24) is 20.7 Å². The number of hydrogen-bond acceptors (Lipinski definition) is 6. The molecule has 0 bridgehead atoms. The fourth-order valence-corrected chi connectivity index (χ4v) is 2.50. The van der Waals surface area contributed by atoms with Crippen molar-refractivity contribution in [3.63, 3.8) is 0 Å². The molecule has 1 fully saturated rings. The first-order valence-electron chi connectivity index (χ1n) is 7.25. The molecule has 2 N–H and O–H groups in total. The molecule has 23 heavy (non-hydrogen) atoms. The molecular formula is C15H20N6OS. The number of rotatable bonds is 3. The number of piperazine rings is 1. The average Bonchev–Trinajstić information content (AvgIpc) is 2.57. The van der Waals surface area contributed by atoms with E-state index in [0.29, 0.717) is 16.4 Å².